The number of allylic oxidation sites excluding steroid dienone is 1. The van der Waals surface area contributed by atoms with Crippen LogP contribution in [0.5, 0.6) is 0 Å². The minimum atomic E-state index is 0.182. The number of benzene rings is 2. The van der Waals surface area contributed by atoms with Gasteiger partial charge in [-0.15, -0.1) is 0 Å². The van der Waals surface area contributed by atoms with Crippen molar-refractivity contribution in [3.63, 3.8) is 0 Å². The average Bonchev–Trinajstić information content (AvgIpc) is 2.79. The maximum atomic E-state index is 13.2. The van der Waals surface area contributed by atoms with E-state index in [1.807, 2.05) is 32.0 Å². The molecular formula is C28H35BrN2O. The predicted molar refractivity (Wildman–Crippen MR) is 137 cm³/mol. The van der Waals surface area contributed by atoms with Crippen LogP contribution in [0.25, 0.3) is 5.57 Å². The summed E-state index contributed by atoms with van der Waals surface area (Å²) >= 11 is 3.52. The molecule has 170 valence electrons. The molecule has 2 fully saturated rings. The monoisotopic (exact) mass is 494 g/mol. The molecule has 0 N–H and O–H groups in total. The van der Waals surface area contributed by atoms with Crippen molar-refractivity contribution in [1.29, 1.82) is 0 Å². The summed E-state index contributed by atoms with van der Waals surface area (Å²) in [5.74, 6) is 0.758. The first-order valence-electron chi connectivity index (χ1n) is 11.8. The Kier molecular flexibility index (Phi) is 6.92. The highest BCUT2D eigenvalue weighted by Gasteiger charge is 2.39. The quantitative estimate of drug-likeness (QED) is 0.484. The standard InChI is InChI=1S/C28H35BrN2O/c1-20-6-5-7-21(2)26(20)27(32)30-18-14-28(4,15-19-30)31-16-12-24(13-17-31)22(3)23-8-10-25(29)11-9-23/h5-11,24H,3,12-19H2,1-2,4H3. The van der Waals surface area contributed by atoms with Crippen molar-refractivity contribution in [3.05, 3.63) is 75.8 Å². The number of halogens is 1. The van der Waals surface area contributed by atoms with Crippen molar-refractivity contribution in [3.8, 4) is 0 Å². The molecule has 0 bridgehead atoms. The molecule has 0 aliphatic carbocycles. The summed E-state index contributed by atoms with van der Waals surface area (Å²) in [6, 6.07) is 14.7. The van der Waals surface area contributed by atoms with Crippen LogP contribution in [-0.4, -0.2) is 47.4 Å². The van der Waals surface area contributed by atoms with Crippen molar-refractivity contribution in [1.82, 2.24) is 9.80 Å². The van der Waals surface area contributed by atoms with Crippen molar-refractivity contribution in [2.45, 2.75) is 52.0 Å². The van der Waals surface area contributed by atoms with Gasteiger partial charge in [0.15, 0.2) is 0 Å². The number of hydrogen-bond donors (Lipinski definition) is 0. The molecule has 0 radical (unpaired) electrons. The number of likely N-dealkylation sites (tertiary alicyclic amines) is 2. The van der Waals surface area contributed by atoms with Crippen LogP contribution in [0.15, 0.2) is 53.5 Å². The molecule has 2 aliphatic heterocycles. The molecule has 1 amide bonds. The number of nitrogens with zero attached hydrogens (tertiary/aromatic N) is 2. The summed E-state index contributed by atoms with van der Waals surface area (Å²) in [6.45, 7) is 14.8. The fraction of sp³-hybridized carbons (Fsp3) is 0.464. The molecule has 0 saturated carbocycles. The Labute approximate surface area is 201 Å². The van der Waals surface area contributed by atoms with Gasteiger partial charge < -0.3 is 4.90 Å². The zero-order chi connectivity index (χ0) is 22.9. The van der Waals surface area contributed by atoms with Crippen LogP contribution in [0.2, 0.25) is 0 Å². The van der Waals surface area contributed by atoms with Gasteiger partial charge in [-0.3, -0.25) is 9.69 Å². The fourth-order valence-electron chi connectivity index (χ4n) is 5.49. The topological polar surface area (TPSA) is 23.6 Å². The molecule has 2 heterocycles. The summed E-state index contributed by atoms with van der Waals surface area (Å²) in [5, 5.41) is 0. The number of carbonyl (C=O) groups is 1. The number of hydrogen-bond acceptors (Lipinski definition) is 2. The largest absolute Gasteiger partial charge is 0.338 e. The molecule has 0 atom stereocenters. The van der Waals surface area contributed by atoms with Crippen LogP contribution in [0.1, 0.15) is 59.7 Å². The SMILES string of the molecule is C=C(c1ccc(Br)cc1)C1CCN(C2(C)CCN(C(=O)c3c(C)cccc3C)CC2)CC1. The van der Waals surface area contributed by atoms with Gasteiger partial charge in [-0.1, -0.05) is 52.8 Å². The van der Waals surface area contributed by atoms with Gasteiger partial charge in [0.1, 0.15) is 0 Å². The number of aryl methyl sites for hydroxylation is 2. The van der Waals surface area contributed by atoms with Crippen molar-refractivity contribution in [2.24, 2.45) is 5.92 Å². The molecule has 0 spiro atoms. The average molecular weight is 496 g/mol. The van der Waals surface area contributed by atoms with E-state index in [0.29, 0.717) is 5.92 Å². The normalized spacial score (nSPS) is 19.7. The smallest absolute Gasteiger partial charge is 0.254 e. The third kappa shape index (κ3) is 4.72. The van der Waals surface area contributed by atoms with E-state index in [-0.39, 0.29) is 11.4 Å². The molecule has 2 saturated heterocycles. The van der Waals surface area contributed by atoms with E-state index in [1.165, 1.54) is 11.1 Å². The van der Waals surface area contributed by atoms with Gasteiger partial charge in [-0.25, -0.2) is 0 Å². The van der Waals surface area contributed by atoms with Crippen LogP contribution in [-0.2, 0) is 0 Å². The van der Waals surface area contributed by atoms with Gasteiger partial charge in [0.05, 0.1) is 0 Å². The number of piperidine rings is 2. The Hall–Kier alpha value is -1.91. The maximum absolute atomic E-state index is 13.2. The molecule has 2 aliphatic rings. The highest BCUT2D eigenvalue weighted by molar-refractivity contribution is 9.10. The summed E-state index contributed by atoms with van der Waals surface area (Å²) in [4.78, 5) is 18.0. The first-order valence-corrected chi connectivity index (χ1v) is 12.6. The van der Waals surface area contributed by atoms with E-state index in [2.05, 4.69) is 63.5 Å². The Balaban J connectivity index is 1.34. The van der Waals surface area contributed by atoms with E-state index in [0.717, 1.165) is 73.0 Å². The summed E-state index contributed by atoms with van der Waals surface area (Å²) in [7, 11) is 0. The van der Waals surface area contributed by atoms with E-state index in [1.54, 1.807) is 0 Å². The van der Waals surface area contributed by atoms with Crippen LogP contribution in [0.4, 0.5) is 0 Å². The Morgan fingerprint density at radius 3 is 2.09 bits per heavy atom. The van der Waals surface area contributed by atoms with Gasteiger partial charge >= 0.3 is 0 Å². The lowest BCUT2D eigenvalue weighted by Crippen LogP contribution is -2.56. The zero-order valence-corrected chi connectivity index (χ0v) is 21.2. The number of amides is 1. The van der Waals surface area contributed by atoms with Crippen LogP contribution < -0.4 is 0 Å². The van der Waals surface area contributed by atoms with Crippen molar-refractivity contribution >= 4 is 27.4 Å². The second-order valence-electron chi connectivity index (χ2n) is 9.85. The Morgan fingerprint density at radius 1 is 0.969 bits per heavy atom. The molecule has 3 nitrogen and oxygen atoms in total. The molecule has 32 heavy (non-hydrogen) atoms. The number of carbonyl (C=O) groups excluding carboxylic acids is 1. The van der Waals surface area contributed by atoms with Crippen LogP contribution >= 0.6 is 15.9 Å². The lowest BCUT2D eigenvalue weighted by atomic mass is 9.81. The first-order chi connectivity index (χ1) is 15.3. The Morgan fingerprint density at radius 2 is 1.53 bits per heavy atom. The van der Waals surface area contributed by atoms with Gasteiger partial charge in [-0.2, -0.15) is 0 Å². The second-order valence-corrected chi connectivity index (χ2v) is 10.8. The fourth-order valence-corrected chi connectivity index (χ4v) is 5.75. The molecule has 4 rings (SSSR count). The third-order valence-electron chi connectivity index (χ3n) is 7.79. The van der Waals surface area contributed by atoms with E-state index >= 15 is 0 Å². The van der Waals surface area contributed by atoms with E-state index in [9.17, 15) is 4.79 Å². The lowest BCUT2D eigenvalue weighted by molar-refractivity contribution is 0.0158. The molecule has 0 unspecified atom stereocenters. The highest BCUT2D eigenvalue weighted by atomic mass is 79.9. The van der Waals surface area contributed by atoms with Crippen molar-refractivity contribution < 1.29 is 4.79 Å². The first kappa shape index (κ1) is 23.3. The van der Waals surface area contributed by atoms with Gasteiger partial charge in [0, 0.05) is 28.7 Å². The second kappa shape index (κ2) is 9.52. The van der Waals surface area contributed by atoms with Gasteiger partial charge in [0.25, 0.3) is 5.91 Å². The Bertz CT molecular complexity index is 961. The molecule has 2 aromatic carbocycles. The van der Waals surface area contributed by atoms with Crippen LogP contribution in [0, 0.1) is 19.8 Å². The maximum Gasteiger partial charge on any atom is 0.254 e. The van der Waals surface area contributed by atoms with Gasteiger partial charge in [-0.05, 0) is 99.9 Å². The summed E-state index contributed by atoms with van der Waals surface area (Å²) in [6.07, 6.45) is 4.41. The number of rotatable bonds is 4. The summed E-state index contributed by atoms with van der Waals surface area (Å²) in [5.41, 5.74) is 5.77. The summed E-state index contributed by atoms with van der Waals surface area (Å²) < 4.78 is 1.11. The van der Waals surface area contributed by atoms with Crippen molar-refractivity contribution in [2.75, 3.05) is 26.2 Å². The predicted octanol–water partition coefficient (Wildman–Crippen LogP) is 6.49. The highest BCUT2D eigenvalue weighted by Crippen LogP contribution is 2.37. The molecule has 0 aromatic heterocycles. The van der Waals surface area contributed by atoms with E-state index in [4.69, 9.17) is 0 Å². The van der Waals surface area contributed by atoms with Gasteiger partial charge in [0.2, 0.25) is 0 Å². The molecular weight excluding hydrogens is 460 g/mol. The molecule has 2 aromatic rings. The molecule has 4 heteroatoms. The zero-order valence-electron chi connectivity index (χ0n) is 19.7. The lowest BCUT2D eigenvalue weighted by Gasteiger charge is -2.49. The van der Waals surface area contributed by atoms with E-state index < -0.39 is 0 Å². The van der Waals surface area contributed by atoms with Crippen LogP contribution in [0.3, 0.4) is 0 Å². The third-order valence-corrected chi connectivity index (χ3v) is 8.32. The minimum absolute atomic E-state index is 0.182. The minimum Gasteiger partial charge on any atom is -0.338 e.